The molecule has 3 rings (SSSR count). The second-order valence-electron chi connectivity index (χ2n) is 6.91. The molecule has 4 nitrogen and oxygen atoms in total. The molecule has 0 spiro atoms. The minimum atomic E-state index is 0.339. The number of thiazole rings is 1. The zero-order valence-corrected chi connectivity index (χ0v) is 16.0. The van der Waals surface area contributed by atoms with E-state index in [1.165, 1.54) is 9.71 Å². The first kappa shape index (κ1) is 18.3. The van der Waals surface area contributed by atoms with Crippen molar-refractivity contribution in [3.05, 3.63) is 29.3 Å². The van der Waals surface area contributed by atoms with Gasteiger partial charge < -0.3 is 10.2 Å². The summed E-state index contributed by atoms with van der Waals surface area (Å²) in [5, 5.41) is 4.61. The minimum Gasteiger partial charge on any atom is -0.343 e. The maximum atomic E-state index is 12.4. The van der Waals surface area contributed by atoms with Crippen LogP contribution in [0.1, 0.15) is 44.0 Å². The summed E-state index contributed by atoms with van der Waals surface area (Å²) < 4.78 is 1.26. The Morgan fingerprint density at radius 1 is 1.28 bits per heavy atom. The van der Waals surface area contributed by atoms with Gasteiger partial charge in [0.25, 0.3) is 0 Å². The molecule has 1 aliphatic heterocycles. The predicted octanol–water partition coefficient (Wildman–Crippen LogP) is 3.86. The molecule has 5 heteroatoms. The fourth-order valence-electron chi connectivity index (χ4n) is 3.47. The third kappa shape index (κ3) is 5.25. The summed E-state index contributed by atoms with van der Waals surface area (Å²) in [6.45, 7) is 6.15. The highest BCUT2D eigenvalue weighted by atomic mass is 32.1. The van der Waals surface area contributed by atoms with Crippen molar-refractivity contribution in [2.75, 3.05) is 26.2 Å². The van der Waals surface area contributed by atoms with Crippen molar-refractivity contribution < 1.29 is 4.79 Å². The van der Waals surface area contributed by atoms with E-state index in [1.54, 1.807) is 11.3 Å². The Kier molecular flexibility index (Phi) is 6.82. The first-order valence-corrected chi connectivity index (χ1v) is 10.4. The van der Waals surface area contributed by atoms with Gasteiger partial charge in [-0.1, -0.05) is 19.1 Å². The minimum absolute atomic E-state index is 0.339. The van der Waals surface area contributed by atoms with Crippen molar-refractivity contribution in [2.24, 2.45) is 5.92 Å². The van der Waals surface area contributed by atoms with E-state index >= 15 is 0 Å². The van der Waals surface area contributed by atoms with Crippen molar-refractivity contribution in [3.63, 3.8) is 0 Å². The molecule has 0 unspecified atom stereocenters. The van der Waals surface area contributed by atoms with Crippen LogP contribution in [0.15, 0.2) is 24.3 Å². The molecule has 2 aromatic rings. The smallest absolute Gasteiger partial charge is 0.222 e. The van der Waals surface area contributed by atoms with Gasteiger partial charge in [-0.15, -0.1) is 11.3 Å². The van der Waals surface area contributed by atoms with E-state index in [0.717, 1.165) is 69.7 Å². The van der Waals surface area contributed by atoms with Gasteiger partial charge in [0.05, 0.1) is 15.2 Å². The average Bonchev–Trinajstić information content (AvgIpc) is 3.06. The number of hydrogen-bond donors (Lipinski definition) is 1. The lowest BCUT2D eigenvalue weighted by molar-refractivity contribution is -0.132. The lowest BCUT2D eigenvalue weighted by atomic mass is 9.96. The number of nitrogens with zero attached hydrogens (tertiary/aromatic N) is 2. The van der Waals surface area contributed by atoms with Gasteiger partial charge in [-0.05, 0) is 63.2 Å². The molecule has 1 amide bonds. The number of benzene rings is 1. The second kappa shape index (κ2) is 9.30. The second-order valence-corrected chi connectivity index (χ2v) is 8.03. The number of hydrogen-bond acceptors (Lipinski definition) is 4. The van der Waals surface area contributed by atoms with Crippen molar-refractivity contribution in [1.29, 1.82) is 0 Å². The van der Waals surface area contributed by atoms with Gasteiger partial charge in [0.1, 0.15) is 0 Å². The van der Waals surface area contributed by atoms with Crippen LogP contribution in [0, 0.1) is 5.92 Å². The van der Waals surface area contributed by atoms with Crippen LogP contribution in [0.2, 0.25) is 0 Å². The average molecular weight is 360 g/mol. The van der Waals surface area contributed by atoms with Crippen LogP contribution in [0.5, 0.6) is 0 Å². The monoisotopic (exact) mass is 359 g/mol. The summed E-state index contributed by atoms with van der Waals surface area (Å²) in [7, 11) is 0. The lowest BCUT2D eigenvalue weighted by Gasteiger charge is -2.32. The van der Waals surface area contributed by atoms with Crippen molar-refractivity contribution in [3.8, 4) is 0 Å². The Morgan fingerprint density at radius 3 is 2.84 bits per heavy atom. The van der Waals surface area contributed by atoms with Gasteiger partial charge in [0, 0.05) is 19.5 Å². The van der Waals surface area contributed by atoms with Gasteiger partial charge in [0.2, 0.25) is 5.91 Å². The number of rotatable bonds is 8. The molecule has 0 aliphatic carbocycles. The highest BCUT2D eigenvalue weighted by Gasteiger charge is 2.21. The van der Waals surface area contributed by atoms with Gasteiger partial charge in [-0.3, -0.25) is 4.79 Å². The number of unbranched alkanes of at least 4 members (excludes halogenated alkanes) is 1. The molecular weight excluding hydrogens is 330 g/mol. The van der Waals surface area contributed by atoms with Crippen LogP contribution >= 0.6 is 11.3 Å². The van der Waals surface area contributed by atoms with Crippen LogP contribution in [0.25, 0.3) is 10.2 Å². The Hall–Kier alpha value is -1.46. The van der Waals surface area contributed by atoms with Crippen LogP contribution < -0.4 is 5.32 Å². The fourth-order valence-corrected chi connectivity index (χ4v) is 4.48. The number of fused-ring (bicyclic) bond motifs is 1. The number of likely N-dealkylation sites (tertiary alicyclic amines) is 1. The topological polar surface area (TPSA) is 45.2 Å². The third-order valence-electron chi connectivity index (χ3n) is 5.02. The van der Waals surface area contributed by atoms with E-state index in [9.17, 15) is 4.79 Å². The van der Waals surface area contributed by atoms with Crippen LogP contribution in [0.4, 0.5) is 0 Å². The molecule has 25 heavy (non-hydrogen) atoms. The molecule has 1 fully saturated rings. The summed E-state index contributed by atoms with van der Waals surface area (Å²) >= 11 is 1.78. The number of aryl methyl sites for hydroxylation is 1. The SMILES string of the molecule is CCNCC1CCN(C(=O)CCCCc2nc3ccccc3s2)CC1. The van der Waals surface area contributed by atoms with Crippen molar-refractivity contribution in [1.82, 2.24) is 15.2 Å². The Bertz CT molecular complexity index is 643. The maximum absolute atomic E-state index is 12.4. The van der Waals surface area contributed by atoms with Crippen LogP contribution in [0.3, 0.4) is 0 Å². The molecule has 1 aromatic carbocycles. The summed E-state index contributed by atoms with van der Waals surface area (Å²) in [6.07, 6.45) is 5.96. The number of aromatic nitrogens is 1. The first-order valence-electron chi connectivity index (χ1n) is 9.59. The number of para-hydroxylation sites is 1. The standard InChI is InChI=1S/C20H29N3OS/c1-2-21-15-16-11-13-23(14-12-16)20(24)10-6-5-9-19-22-17-7-3-4-8-18(17)25-19/h3-4,7-8,16,21H,2,5-6,9-15H2,1H3. The molecule has 1 aliphatic rings. The zero-order valence-electron chi connectivity index (χ0n) is 15.2. The normalized spacial score (nSPS) is 15.8. The summed E-state index contributed by atoms with van der Waals surface area (Å²) in [5.41, 5.74) is 1.10. The molecule has 0 atom stereocenters. The van der Waals surface area contributed by atoms with E-state index in [2.05, 4.69) is 40.3 Å². The fraction of sp³-hybridized carbons (Fsp3) is 0.600. The van der Waals surface area contributed by atoms with Crippen molar-refractivity contribution in [2.45, 2.75) is 45.4 Å². The molecular formula is C20H29N3OS. The lowest BCUT2D eigenvalue weighted by Crippen LogP contribution is -2.40. The first-order chi connectivity index (χ1) is 12.3. The number of piperidine rings is 1. The quantitative estimate of drug-likeness (QED) is 0.728. The van der Waals surface area contributed by atoms with E-state index in [0.29, 0.717) is 12.3 Å². The number of amides is 1. The van der Waals surface area contributed by atoms with Gasteiger partial charge in [-0.25, -0.2) is 4.98 Å². The third-order valence-corrected chi connectivity index (χ3v) is 6.12. The summed E-state index contributed by atoms with van der Waals surface area (Å²) in [6, 6.07) is 8.29. The maximum Gasteiger partial charge on any atom is 0.222 e. The van der Waals surface area contributed by atoms with E-state index < -0.39 is 0 Å². The van der Waals surface area contributed by atoms with E-state index in [-0.39, 0.29) is 0 Å². The number of carbonyl (C=O) groups excluding carboxylic acids is 1. The molecule has 0 bridgehead atoms. The predicted molar refractivity (Wildman–Crippen MR) is 105 cm³/mol. The summed E-state index contributed by atoms with van der Waals surface area (Å²) in [4.78, 5) is 19.1. The molecule has 136 valence electrons. The highest BCUT2D eigenvalue weighted by Crippen LogP contribution is 2.23. The number of carbonyl (C=O) groups is 1. The van der Waals surface area contributed by atoms with Gasteiger partial charge in [-0.2, -0.15) is 0 Å². The summed E-state index contributed by atoms with van der Waals surface area (Å²) in [5.74, 6) is 1.08. The molecule has 0 saturated carbocycles. The Balaban J connectivity index is 1.34. The molecule has 2 heterocycles. The Morgan fingerprint density at radius 2 is 2.08 bits per heavy atom. The van der Waals surface area contributed by atoms with Gasteiger partial charge in [0.15, 0.2) is 0 Å². The van der Waals surface area contributed by atoms with Crippen LogP contribution in [-0.2, 0) is 11.2 Å². The molecule has 1 aromatic heterocycles. The van der Waals surface area contributed by atoms with Gasteiger partial charge >= 0.3 is 0 Å². The number of nitrogens with one attached hydrogen (secondary N) is 1. The van der Waals surface area contributed by atoms with E-state index in [4.69, 9.17) is 0 Å². The zero-order chi connectivity index (χ0) is 17.5. The molecule has 1 saturated heterocycles. The Labute approximate surface area is 154 Å². The molecule has 0 radical (unpaired) electrons. The largest absolute Gasteiger partial charge is 0.343 e. The molecule has 1 N–H and O–H groups in total. The van der Waals surface area contributed by atoms with Crippen LogP contribution in [-0.4, -0.2) is 42.0 Å². The van der Waals surface area contributed by atoms with Crippen molar-refractivity contribution >= 4 is 27.5 Å². The highest BCUT2D eigenvalue weighted by molar-refractivity contribution is 7.18. The van der Waals surface area contributed by atoms with E-state index in [1.807, 2.05) is 6.07 Å².